The highest BCUT2D eigenvalue weighted by Crippen LogP contribution is 2.31. The molecule has 1 aromatic carbocycles. The van der Waals surface area contributed by atoms with Crippen molar-refractivity contribution in [3.8, 4) is 6.07 Å². The quantitative estimate of drug-likeness (QED) is 0.906. The Morgan fingerprint density at radius 1 is 1.32 bits per heavy atom. The third-order valence-electron chi connectivity index (χ3n) is 4.01. The van der Waals surface area contributed by atoms with Gasteiger partial charge < -0.3 is 14.6 Å². The number of alkyl halides is 3. The third-order valence-corrected chi connectivity index (χ3v) is 4.01. The first kappa shape index (κ1) is 17.0. The molecule has 3 rings (SSSR count). The maximum absolute atomic E-state index is 12.6. The van der Waals surface area contributed by atoms with Crippen molar-refractivity contribution in [2.24, 2.45) is 0 Å². The van der Waals surface area contributed by atoms with Crippen LogP contribution in [-0.2, 0) is 10.9 Å². The van der Waals surface area contributed by atoms with Gasteiger partial charge in [0.05, 0.1) is 24.3 Å². The number of halogens is 3. The van der Waals surface area contributed by atoms with Crippen LogP contribution in [0.2, 0.25) is 0 Å². The number of carbonyl (C=O) groups is 1. The largest absolute Gasteiger partial charge is 0.416 e. The fourth-order valence-electron chi connectivity index (χ4n) is 2.69. The minimum atomic E-state index is -4.39. The molecule has 1 N–H and O–H groups in total. The van der Waals surface area contributed by atoms with E-state index in [-0.39, 0.29) is 24.8 Å². The van der Waals surface area contributed by atoms with E-state index in [1.54, 1.807) is 4.90 Å². The Morgan fingerprint density at radius 3 is 2.64 bits per heavy atom. The van der Waals surface area contributed by atoms with E-state index in [4.69, 9.17) is 10.00 Å². The van der Waals surface area contributed by atoms with Crippen molar-refractivity contribution >= 4 is 5.91 Å². The fraction of sp³-hybridized carbons (Fsp3) is 0.294. The fourth-order valence-corrected chi connectivity index (χ4v) is 2.69. The Labute approximate surface area is 141 Å². The number of nitrogens with one attached hydrogen (secondary N) is 1. The topological polar surface area (TPSA) is 69.1 Å². The number of nitrogens with zero attached hydrogens (tertiary/aromatic N) is 2. The van der Waals surface area contributed by atoms with E-state index in [1.807, 2.05) is 6.07 Å². The normalized spacial score (nSPS) is 18.0. The molecule has 0 aliphatic carbocycles. The van der Waals surface area contributed by atoms with Crippen LogP contribution in [0.25, 0.3) is 0 Å². The minimum absolute atomic E-state index is 0.233. The standard InChI is InChI=1S/C17H14F3N3O2/c18-17(19,20)13-3-1-11(2-4-13)15-10-23(5-6-25-15)16(24)12-7-14(8-21)22-9-12/h1-4,7,9,15,22H,5-6,10H2. The molecular formula is C17H14F3N3O2. The molecule has 0 spiro atoms. The van der Waals surface area contributed by atoms with Crippen LogP contribution >= 0.6 is 0 Å². The lowest BCUT2D eigenvalue weighted by atomic mass is 10.0. The number of aromatic nitrogens is 1. The van der Waals surface area contributed by atoms with Crippen molar-refractivity contribution in [1.29, 1.82) is 5.26 Å². The first-order chi connectivity index (χ1) is 11.9. The van der Waals surface area contributed by atoms with E-state index in [9.17, 15) is 18.0 Å². The molecule has 2 aromatic rings. The molecule has 1 aliphatic rings. The van der Waals surface area contributed by atoms with Crippen LogP contribution in [0.1, 0.15) is 33.3 Å². The number of H-pyrrole nitrogens is 1. The number of benzene rings is 1. The van der Waals surface area contributed by atoms with E-state index in [2.05, 4.69) is 4.98 Å². The van der Waals surface area contributed by atoms with Gasteiger partial charge in [-0.2, -0.15) is 18.4 Å². The monoisotopic (exact) mass is 349 g/mol. The Kier molecular flexibility index (Phi) is 4.51. The summed E-state index contributed by atoms with van der Waals surface area (Å²) >= 11 is 0. The summed E-state index contributed by atoms with van der Waals surface area (Å²) < 4.78 is 43.5. The van der Waals surface area contributed by atoms with E-state index in [1.165, 1.54) is 24.4 Å². The van der Waals surface area contributed by atoms with Crippen LogP contribution in [-0.4, -0.2) is 35.5 Å². The molecule has 1 aliphatic heterocycles. The molecule has 1 saturated heterocycles. The molecule has 1 unspecified atom stereocenters. The Hall–Kier alpha value is -2.79. The van der Waals surface area contributed by atoms with Gasteiger partial charge in [-0.05, 0) is 23.8 Å². The highest BCUT2D eigenvalue weighted by molar-refractivity contribution is 5.94. The summed E-state index contributed by atoms with van der Waals surface area (Å²) in [5.74, 6) is -0.252. The van der Waals surface area contributed by atoms with Crippen LogP contribution in [0.4, 0.5) is 13.2 Å². The molecule has 0 radical (unpaired) electrons. The Balaban J connectivity index is 1.72. The number of rotatable bonds is 2. The number of aromatic amines is 1. The van der Waals surface area contributed by atoms with E-state index < -0.39 is 17.8 Å². The highest BCUT2D eigenvalue weighted by Gasteiger charge is 2.31. The van der Waals surface area contributed by atoms with Crippen LogP contribution < -0.4 is 0 Å². The van der Waals surface area contributed by atoms with Crippen molar-refractivity contribution in [1.82, 2.24) is 9.88 Å². The van der Waals surface area contributed by atoms with Gasteiger partial charge in [-0.1, -0.05) is 12.1 Å². The molecule has 5 nitrogen and oxygen atoms in total. The first-order valence-electron chi connectivity index (χ1n) is 7.55. The van der Waals surface area contributed by atoms with E-state index >= 15 is 0 Å². The van der Waals surface area contributed by atoms with Crippen molar-refractivity contribution in [2.75, 3.05) is 19.7 Å². The zero-order valence-electron chi connectivity index (χ0n) is 13.0. The summed E-state index contributed by atoms with van der Waals surface area (Å²) in [5.41, 5.74) is 0.508. The number of ether oxygens (including phenoxy) is 1. The molecule has 2 heterocycles. The zero-order chi connectivity index (χ0) is 18.0. The first-order valence-corrected chi connectivity index (χ1v) is 7.55. The molecule has 0 saturated carbocycles. The zero-order valence-corrected chi connectivity index (χ0v) is 13.0. The van der Waals surface area contributed by atoms with Crippen LogP contribution in [0.15, 0.2) is 36.5 Å². The second-order valence-corrected chi connectivity index (χ2v) is 5.64. The summed E-state index contributed by atoms with van der Waals surface area (Å²) in [6.07, 6.45) is -3.42. The number of amides is 1. The lowest BCUT2D eigenvalue weighted by molar-refractivity contribution is -0.137. The van der Waals surface area contributed by atoms with Crippen molar-refractivity contribution in [3.05, 3.63) is 58.9 Å². The van der Waals surface area contributed by atoms with Gasteiger partial charge in [0.15, 0.2) is 0 Å². The van der Waals surface area contributed by atoms with E-state index in [0.717, 1.165) is 12.1 Å². The predicted octanol–water partition coefficient (Wildman–Crippen LogP) is 3.12. The van der Waals surface area contributed by atoms with Gasteiger partial charge in [0, 0.05) is 12.7 Å². The maximum atomic E-state index is 12.6. The molecule has 1 amide bonds. The average molecular weight is 349 g/mol. The van der Waals surface area contributed by atoms with Gasteiger partial charge in [0.2, 0.25) is 0 Å². The van der Waals surface area contributed by atoms with Crippen molar-refractivity contribution in [2.45, 2.75) is 12.3 Å². The summed E-state index contributed by atoms with van der Waals surface area (Å²) in [6, 6.07) is 8.12. The predicted molar refractivity (Wildman–Crippen MR) is 81.5 cm³/mol. The molecule has 8 heteroatoms. The summed E-state index contributed by atoms with van der Waals surface area (Å²) in [6.45, 7) is 0.896. The average Bonchev–Trinajstić information content (AvgIpc) is 3.10. The van der Waals surface area contributed by atoms with Gasteiger partial charge in [0.25, 0.3) is 5.91 Å². The minimum Gasteiger partial charge on any atom is -0.370 e. The smallest absolute Gasteiger partial charge is 0.370 e. The lowest BCUT2D eigenvalue weighted by Crippen LogP contribution is -2.42. The molecule has 1 aromatic heterocycles. The van der Waals surface area contributed by atoms with Gasteiger partial charge >= 0.3 is 6.18 Å². The molecule has 1 atom stereocenters. The SMILES string of the molecule is N#Cc1cc(C(=O)N2CCOC(c3ccc(C(F)(F)F)cc3)C2)c[nH]1. The third kappa shape index (κ3) is 3.67. The number of hydrogen-bond donors (Lipinski definition) is 1. The Morgan fingerprint density at radius 2 is 2.04 bits per heavy atom. The molecule has 1 fully saturated rings. The van der Waals surface area contributed by atoms with Gasteiger partial charge in [-0.15, -0.1) is 0 Å². The van der Waals surface area contributed by atoms with Crippen LogP contribution in [0.5, 0.6) is 0 Å². The summed E-state index contributed by atoms with van der Waals surface area (Å²) in [5, 5.41) is 8.81. The lowest BCUT2D eigenvalue weighted by Gasteiger charge is -2.33. The molecule has 25 heavy (non-hydrogen) atoms. The number of carbonyl (C=O) groups excluding carboxylic acids is 1. The van der Waals surface area contributed by atoms with Gasteiger partial charge in [-0.3, -0.25) is 4.79 Å². The van der Waals surface area contributed by atoms with Crippen molar-refractivity contribution in [3.63, 3.8) is 0 Å². The Bertz CT molecular complexity index is 806. The van der Waals surface area contributed by atoms with Crippen LogP contribution in [0.3, 0.4) is 0 Å². The van der Waals surface area contributed by atoms with Gasteiger partial charge in [-0.25, -0.2) is 0 Å². The molecular weight excluding hydrogens is 335 g/mol. The molecule has 0 bridgehead atoms. The van der Waals surface area contributed by atoms with Crippen molar-refractivity contribution < 1.29 is 22.7 Å². The van der Waals surface area contributed by atoms with E-state index in [0.29, 0.717) is 17.7 Å². The highest BCUT2D eigenvalue weighted by atomic mass is 19.4. The molecule has 130 valence electrons. The summed E-state index contributed by atoms with van der Waals surface area (Å²) in [4.78, 5) is 16.7. The summed E-state index contributed by atoms with van der Waals surface area (Å²) in [7, 11) is 0. The number of morpholine rings is 1. The second kappa shape index (κ2) is 6.61. The van der Waals surface area contributed by atoms with Crippen LogP contribution in [0, 0.1) is 11.3 Å². The number of hydrogen-bond acceptors (Lipinski definition) is 3. The number of nitriles is 1. The van der Waals surface area contributed by atoms with Gasteiger partial charge in [0.1, 0.15) is 17.9 Å². The maximum Gasteiger partial charge on any atom is 0.416 e. The second-order valence-electron chi connectivity index (χ2n) is 5.64.